The average molecular weight is 178 g/mol. The van der Waals surface area contributed by atoms with Gasteiger partial charge in [0.1, 0.15) is 0 Å². The molecular weight excluding hydrogens is 172 g/mol. The molecule has 60 valence electrons. The molecule has 0 fully saturated rings. The van der Waals surface area contributed by atoms with Crippen molar-refractivity contribution in [1.82, 2.24) is 0 Å². The Labute approximate surface area is 75.0 Å². The number of nitrogens with one attached hydrogen (secondary N) is 1. The molecule has 0 bridgehead atoms. The van der Waals surface area contributed by atoms with Crippen LogP contribution in [-0.2, 0) is 23.6 Å². The number of fused-ring (bicyclic) bond motifs is 1. The van der Waals surface area contributed by atoms with Crippen LogP contribution in [0.3, 0.4) is 0 Å². The highest BCUT2D eigenvalue weighted by molar-refractivity contribution is 7.47. The molecule has 1 aliphatic heterocycles. The highest BCUT2D eigenvalue weighted by atomic mass is 32.1. The Morgan fingerprint density at radius 1 is 1.50 bits per heavy atom. The summed E-state index contributed by atoms with van der Waals surface area (Å²) in [4.78, 5) is 10.9. The van der Waals surface area contributed by atoms with E-state index in [0.29, 0.717) is 12.1 Å². The van der Waals surface area contributed by atoms with Crippen LogP contribution in [0.1, 0.15) is 5.56 Å². The van der Waals surface area contributed by atoms with Gasteiger partial charge in [-0.25, -0.2) is 0 Å². The van der Waals surface area contributed by atoms with Gasteiger partial charge in [-0.1, -0.05) is 6.07 Å². The number of rotatable bonds is 1. The molecule has 0 spiro atoms. The van der Waals surface area contributed by atoms with Crippen molar-refractivity contribution in [2.24, 2.45) is 4.36 Å². The molecule has 0 atom stereocenters. The van der Waals surface area contributed by atoms with Gasteiger partial charge in [0.25, 0.3) is 0 Å². The molecule has 0 aliphatic carbocycles. The van der Waals surface area contributed by atoms with Gasteiger partial charge in [-0.05, 0) is 17.7 Å². The predicted octanol–water partition coefficient (Wildman–Crippen LogP) is 1.54. The van der Waals surface area contributed by atoms with Crippen LogP contribution >= 0.6 is 0 Å². The van der Waals surface area contributed by atoms with E-state index in [2.05, 4.69) is 22.1 Å². The Kier molecular flexibility index (Phi) is 1.62. The first-order valence-corrected chi connectivity index (χ1v) is 3.92. The molecule has 4 heteroatoms. The van der Waals surface area contributed by atoms with Crippen molar-refractivity contribution >= 4 is 29.7 Å². The lowest BCUT2D eigenvalue weighted by Gasteiger charge is -1.97. The molecule has 0 radical (unpaired) electrons. The fourth-order valence-electron chi connectivity index (χ4n) is 1.26. The lowest BCUT2D eigenvalue weighted by atomic mass is 10.1. The van der Waals surface area contributed by atoms with Gasteiger partial charge in [-0.3, -0.25) is 4.79 Å². The third-order valence-corrected chi connectivity index (χ3v) is 2.03. The van der Waals surface area contributed by atoms with Gasteiger partial charge in [-0.2, -0.15) is 4.36 Å². The van der Waals surface area contributed by atoms with Crippen molar-refractivity contribution in [3.05, 3.63) is 23.8 Å². The molecule has 1 amide bonds. The van der Waals surface area contributed by atoms with Gasteiger partial charge in [-0.15, -0.1) is 0 Å². The van der Waals surface area contributed by atoms with E-state index in [0.717, 1.165) is 11.3 Å². The third-order valence-electron chi connectivity index (χ3n) is 1.82. The van der Waals surface area contributed by atoms with Gasteiger partial charge in [0, 0.05) is 18.1 Å². The van der Waals surface area contributed by atoms with E-state index in [9.17, 15) is 4.79 Å². The molecule has 1 aromatic rings. The SMILES string of the molecule is O=C1Cc2ccc(N=S)cc2N1. The summed E-state index contributed by atoms with van der Waals surface area (Å²) in [6.07, 6.45) is 0.465. The molecule has 0 saturated carbocycles. The van der Waals surface area contributed by atoms with Gasteiger partial charge in [0.2, 0.25) is 5.91 Å². The third kappa shape index (κ3) is 1.10. The summed E-state index contributed by atoms with van der Waals surface area (Å²) >= 11 is 4.53. The summed E-state index contributed by atoms with van der Waals surface area (Å²) in [7, 11) is 0. The Morgan fingerprint density at radius 3 is 3.08 bits per heavy atom. The molecular formula is C8H6N2OS. The molecule has 1 aromatic carbocycles. The largest absolute Gasteiger partial charge is 0.325 e. The first-order chi connectivity index (χ1) is 5.79. The van der Waals surface area contributed by atoms with E-state index in [1.165, 1.54) is 0 Å². The van der Waals surface area contributed by atoms with Crippen LogP contribution in [-0.4, -0.2) is 5.91 Å². The van der Waals surface area contributed by atoms with Gasteiger partial charge in [0.15, 0.2) is 0 Å². The van der Waals surface area contributed by atoms with Crippen LogP contribution in [0.15, 0.2) is 22.6 Å². The van der Waals surface area contributed by atoms with Gasteiger partial charge < -0.3 is 5.32 Å². The van der Waals surface area contributed by atoms with Crippen LogP contribution in [0.5, 0.6) is 0 Å². The van der Waals surface area contributed by atoms with E-state index < -0.39 is 0 Å². The molecule has 1 N–H and O–H groups in total. The Balaban J connectivity index is 2.48. The second kappa shape index (κ2) is 2.64. The molecule has 1 aliphatic rings. The van der Waals surface area contributed by atoms with Crippen LogP contribution in [0, 0.1) is 0 Å². The number of hydrogen-bond donors (Lipinski definition) is 1. The maximum absolute atomic E-state index is 10.9. The minimum absolute atomic E-state index is 0.0338. The molecule has 0 unspecified atom stereocenters. The van der Waals surface area contributed by atoms with Crippen molar-refractivity contribution in [2.45, 2.75) is 6.42 Å². The zero-order chi connectivity index (χ0) is 8.55. The monoisotopic (exact) mass is 178 g/mol. The fourth-order valence-corrected chi connectivity index (χ4v) is 1.37. The zero-order valence-corrected chi connectivity index (χ0v) is 7.02. The highest BCUT2D eigenvalue weighted by Crippen LogP contribution is 2.27. The molecule has 0 aromatic heterocycles. The number of carbonyl (C=O) groups is 1. The molecule has 12 heavy (non-hydrogen) atoms. The van der Waals surface area contributed by atoms with Crippen LogP contribution in [0.2, 0.25) is 0 Å². The Morgan fingerprint density at radius 2 is 2.33 bits per heavy atom. The summed E-state index contributed by atoms with van der Waals surface area (Å²) in [5, 5.41) is 2.73. The average Bonchev–Trinajstić information content (AvgIpc) is 2.43. The summed E-state index contributed by atoms with van der Waals surface area (Å²) in [5.74, 6) is 0.0338. The van der Waals surface area contributed by atoms with Crippen molar-refractivity contribution in [2.75, 3.05) is 5.32 Å². The van der Waals surface area contributed by atoms with Crippen LogP contribution in [0.4, 0.5) is 11.4 Å². The van der Waals surface area contributed by atoms with E-state index in [4.69, 9.17) is 0 Å². The minimum atomic E-state index is 0.0338. The standard InChI is InChI=1S/C8H6N2OS/c11-8-3-5-1-2-6(10-12)4-7(5)9-8/h1-2,4H,3H2,(H,9,11). The second-order valence-electron chi connectivity index (χ2n) is 2.66. The quantitative estimate of drug-likeness (QED) is 0.708. The summed E-state index contributed by atoms with van der Waals surface area (Å²) in [6, 6.07) is 5.47. The van der Waals surface area contributed by atoms with Crippen LogP contribution in [0.25, 0.3) is 0 Å². The van der Waals surface area contributed by atoms with Crippen molar-refractivity contribution in [1.29, 1.82) is 0 Å². The smallest absolute Gasteiger partial charge is 0.228 e. The molecule has 1 heterocycles. The topological polar surface area (TPSA) is 41.5 Å². The zero-order valence-electron chi connectivity index (χ0n) is 6.20. The van der Waals surface area contributed by atoms with Gasteiger partial charge >= 0.3 is 0 Å². The molecule has 0 saturated heterocycles. The normalized spacial score (nSPS) is 13.8. The number of anilines is 1. The van der Waals surface area contributed by atoms with E-state index in [1.54, 1.807) is 6.07 Å². The van der Waals surface area contributed by atoms with Crippen molar-refractivity contribution < 1.29 is 4.79 Å². The first kappa shape index (κ1) is 7.36. The predicted molar refractivity (Wildman–Crippen MR) is 48.2 cm³/mol. The maximum atomic E-state index is 10.9. The second-order valence-corrected chi connectivity index (χ2v) is 2.84. The van der Waals surface area contributed by atoms with E-state index in [-0.39, 0.29) is 5.91 Å². The fraction of sp³-hybridized carbons (Fsp3) is 0.125. The first-order valence-electron chi connectivity index (χ1n) is 3.56. The van der Waals surface area contributed by atoms with Gasteiger partial charge in [0.05, 0.1) is 12.1 Å². The highest BCUT2D eigenvalue weighted by Gasteiger charge is 2.16. The van der Waals surface area contributed by atoms with Crippen molar-refractivity contribution in [3.63, 3.8) is 0 Å². The number of carbonyl (C=O) groups excluding carboxylic acids is 1. The maximum Gasteiger partial charge on any atom is 0.228 e. The van der Waals surface area contributed by atoms with Crippen LogP contribution < -0.4 is 5.32 Å². The number of nitrogens with zero attached hydrogens (tertiary/aromatic N) is 1. The molecule has 3 nitrogen and oxygen atoms in total. The number of hydrogen-bond acceptors (Lipinski definition) is 3. The lowest BCUT2D eigenvalue weighted by molar-refractivity contribution is -0.115. The summed E-state index contributed by atoms with van der Waals surface area (Å²) in [6.45, 7) is 0. The number of amides is 1. The van der Waals surface area contributed by atoms with Crippen molar-refractivity contribution in [3.8, 4) is 0 Å². The van der Waals surface area contributed by atoms with E-state index in [1.807, 2.05) is 12.1 Å². The summed E-state index contributed by atoms with van der Waals surface area (Å²) < 4.78 is 3.61. The lowest BCUT2D eigenvalue weighted by Crippen LogP contribution is -2.03. The Hall–Kier alpha value is -1.29. The Bertz CT molecular complexity index is 362. The summed E-state index contributed by atoms with van der Waals surface area (Å²) in [5.41, 5.74) is 2.57. The van der Waals surface area contributed by atoms with E-state index >= 15 is 0 Å². The minimum Gasteiger partial charge on any atom is -0.325 e. The molecule has 2 rings (SSSR count). The number of benzene rings is 1.